The van der Waals surface area contributed by atoms with E-state index in [4.69, 9.17) is 5.26 Å². The Morgan fingerprint density at radius 3 is 2.64 bits per heavy atom. The number of aryl methyl sites for hydroxylation is 1. The molecule has 0 aromatic carbocycles. The van der Waals surface area contributed by atoms with Gasteiger partial charge < -0.3 is 9.88 Å². The summed E-state index contributed by atoms with van der Waals surface area (Å²) in [7, 11) is 0. The third kappa shape index (κ3) is 3.81. The number of H-pyrrole nitrogens is 1. The summed E-state index contributed by atoms with van der Waals surface area (Å²) in [6.07, 6.45) is 5.97. The molecule has 1 N–H and O–H groups in total. The SMILES string of the molecule is CCc1ccc(C2CCN(C3CCN(c4ccc(C#N)nc4)CC3)C2)[nH]c1=O. The first kappa shape index (κ1) is 18.7. The van der Waals surface area contributed by atoms with Gasteiger partial charge in [-0.15, -0.1) is 0 Å². The van der Waals surface area contributed by atoms with Gasteiger partial charge in [-0.3, -0.25) is 9.69 Å². The summed E-state index contributed by atoms with van der Waals surface area (Å²) >= 11 is 0. The first-order valence-electron chi connectivity index (χ1n) is 10.2. The Balaban J connectivity index is 1.33. The third-order valence-electron chi connectivity index (χ3n) is 6.26. The van der Waals surface area contributed by atoms with Crippen molar-refractivity contribution in [3.63, 3.8) is 0 Å². The van der Waals surface area contributed by atoms with Crippen LogP contribution in [0.5, 0.6) is 0 Å². The standard InChI is InChI=1S/C22H27N5O/c1-2-16-3-6-21(25-22(16)28)17-7-10-27(15-17)19-8-11-26(12-9-19)20-5-4-18(13-23)24-14-20/h3-6,14,17,19H,2,7-12,15H2,1H3,(H,25,28). The fourth-order valence-electron chi connectivity index (χ4n) is 4.54. The lowest BCUT2D eigenvalue weighted by Gasteiger charge is -2.37. The van der Waals surface area contributed by atoms with Crippen LogP contribution < -0.4 is 10.5 Å². The van der Waals surface area contributed by atoms with E-state index in [1.807, 2.05) is 19.1 Å². The number of anilines is 1. The van der Waals surface area contributed by atoms with Crippen LogP contribution in [-0.4, -0.2) is 47.1 Å². The molecule has 146 valence electrons. The van der Waals surface area contributed by atoms with Gasteiger partial charge in [0.15, 0.2) is 0 Å². The summed E-state index contributed by atoms with van der Waals surface area (Å²) < 4.78 is 0. The van der Waals surface area contributed by atoms with E-state index in [1.165, 1.54) is 0 Å². The average Bonchev–Trinajstić information content (AvgIpc) is 3.24. The van der Waals surface area contributed by atoms with Crippen LogP contribution in [0.3, 0.4) is 0 Å². The van der Waals surface area contributed by atoms with Crippen LogP contribution in [0.25, 0.3) is 0 Å². The molecule has 4 heterocycles. The fraction of sp³-hybridized carbons (Fsp3) is 0.500. The minimum absolute atomic E-state index is 0.0720. The average molecular weight is 377 g/mol. The lowest BCUT2D eigenvalue weighted by Crippen LogP contribution is -2.44. The highest BCUT2D eigenvalue weighted by atomic mass is 16.1. The minimum atomic E-state index is 0.0720. The molecule has 28 heavy (non-hydrogen) atoms. The second-order valence-electron chi connectivity index (χ2n) is 7.83. The summed E-state index contributed by atoms with van der Waals surface area (Å²) in [4.78, 5) is 24.4. The zero-order chi connectivity index (χ0) is 19.5. The molecule has 2 aliphatic heterocycles. The number of nitrogens with one attached hydrogen (secondary N) is 1. The van der Waals surface area contributed by atoms with E-state index in [1.54, 1.807) is 12.3 Å². The van der Waals surface area contributed by atoms with Crippen molar-refractivity contribution in [2.24, 2.45) is 0 Å². The molecule has 0 bridgehead atoms. The van der Waals surface area contributed by atoms with Crippen LogP contribution >= 0.6 is 0 Å². The molecule has 6 nitrogen and oxygen atoms in total. The van der Waals surface area contributed by atoms with Gasteiger partial charge in [0.2, 0.25) is 0 Å². The Morgan fingerprint density at radius 2 is 2.00 bits per heavy atom. The van der Waals surface area contributed by atoms with Crippen LogP contribution in [-0.2, 0) is 6.42 Å². The van der Waals surface area contributed by atoms with Gasteiger partial charge in [0.1, 0.15) is 11.8 Å². The lowest BCUT2D eigenvalue weighted by molar-refractivity contribution is 0.205. The predicted molar refractivity (Wildman–Crippen MR) is 110 cm³/mol. The van der Waals surface area contributed by atoms with Crippen molar-refractivity contribution < 1.29 is 0 Å². The molecule has 6 heteroatoms. The van der Waals surface area contributed by atoms with Gasteiger partial charge in [0, 0.05) is 42.9 Å². The Morgan fingerprint density at radius 1 is 1.18 bits per heavy atom. The van der Waals surface area contributed by atoms with Gasteiger partial charge in [-0.05, 0) is 50.4 Å². The van der Waals surface area contributed by atoms with Crippen molar-refractivity contribution in [3.8, 4) is 6.07 Å². The van der Waals surface area contributed by atoms with E-state index in [2.05, 4.69) is 31.9 Å². The molecule has 0 amide bonds. The van der Waals surface area contributed by atoms with Gasteiger partial charge in [0.25, 0.3) is 5.56 Å². The highest BCUT2D eigenvalue weighted by Crippen LogP contribution is 2.30. The third-order valence-corrected chi connectivity index (χ3v) is 6.26. The fourth-order valence-corrected chi connectivity index (χ4v) is 4.54. The van der Waals surface area contributed by atoms with Gasteiger partial charge in [-0.1, -0.05) is 13.0 Å². The van der Waals surface area contributed by atoms with Crippen molar-refractivity contribution in [3.05, 3.63) is 57.8 Å². The number of hydrogen-bond donors (Lipinski definition) is 1. The quantitative estimate of drug-likeness (QED) is 0.886. The number of piperidine rings is 1. The summed E-state index contributed by atoms with van der Waals surface area (Å²) in [5.74, 6) is 0.430. The van der Waals surface area contributed by atoms with Crippen molar-refractivity contribution in [2.45, 2.75) is 44.6 Å². The van der Waals surface area contributed by atoms with E-state index in [9.17, 15) is 4.79 Å². The topological polar surface area (TPSA) is 76.0 Å². The molecular formula is C22H27N5O. The molecule has 2 aromatic heterocycles. The molecule has 0 aliphatic carbocycles. The van der Waals surface area contributed by atoms with Gasteiger partial charge in [0.05, 0.1) is 11.9 Å². The largest absolute Gasteiger partial charge is 0.370 e. The van der Waals surface area contributed by atoms with Crippen LogP contribution in [0.4, 0.5) is 5.69 Å². The zero-order valence-electron chi connectivity index (χ0n) is 16.4. The van der Waals surface area contributed by atoms with Crippen molar-refractivity contribution >= 4 is 5.69 Å². The summed E-state index contributed by atoms with van der Waals surface area (Å²) in [5, 5.41) is 8.89. The molecule has 1 atom stereocenters. The summed E-state index contributed by atoms with van der Waals surface area (Å²) in [6, 6.07) is 10.6. The van der Waals surface area contributed by atoms with Crippen LogP contribution in [0, 0.1) is 11.3 Å². The monoisotopic (exact) mass is 377 g/mol. The van der Waals surface area contributed by atoms with Gasteiger partial charge in [-0.2, -0.15) is 5.26 Å². The Hall–Kier alpha value is -2.65. The Labute approximate surface area is 165 Å². The maximum absolute atomic E-state index is 12.1. The predicted octanol–water partition coefficient (Wildman–Crippen LogP) is 2.66. The zero-order valence-corrected chi connectivity index (χ0v) is 16.4. The molecule has 1 unspecified atom stereocenters. The van der Waals surface area contributed by atoms with Crippen molar-refractivity contribution in [2.75, 3.05) is 31.1 Å². The maximum atomic E-state index is 12.1. The Kier molecular flexibility index (Phi) is 5.45. The Bertz CT molecular complexity index is 906. The number of pyridine rings is 2. The first-order chi connectivity index (χ1) is 13.7. The van der Waals surface area contributed by atoms with E-state index in [0.29, 0.717) is 17.7 Å². The molecule has 0 spiro atoms. The molecule has 2 saturated heterocycles. The highest BCUT2D eigenvalue weighted by Gasteiger charge is 2.31. The molecule has 4 rings (SSSR count). The van der Waals surface area contributed by atoms with E-state index < -0.39 is 0 Å². The van der Waals surface area contributed by atoms with E-state index >= 15 is 0 Å². The van der Waals surface area contributed by atoms with E-state index in [0.717, 1.165) is 68.8 Å². The summed E-state index contributed by atoms with van der Waals surface area (Å²) in [5.41, 5.74) is 3.59. The first-order valence-corrected chi connectivity index (χ1v) is 10.2. The number of nitriles is 1. The van der Waals surface area contributed by atoms with E-state index in [-0.39, 0.29) is 5.56 Å². The number of hydrogen-bond acceptors (Lipinski definition) is 5. The molecule has 2 aromatic rings. The van der Waals surface area contributed by atoms with Crippen LogP contribution in [0.15, 0.2) is 35.3 Å². The normalized spacial score (nSPS) is 21.0. The number of aromatic amines is 1. The molecule has 0 radical (unpaired) electrons. The van der Waals surface area contributed by atoms with Crippen LogP contribution in [0.2, 0.25) is 0 Å². The smallest absolute Gasteiger partial charge is 0.251 e. The minimum Gasteiger partial charge on any atom is -0.370 e. The van der Waals surface area contributed by atoms with Crippen molar-refractivity contribution in [1.29, 1.82) is 5.26 Å². The second kappa shape index (κ2) is 8.15. The number of likely N-dealkylation sites (tertiary alicyclic amines) is 1. The van der Waals surface area contributed by atoms with Crippen molar-refractivity contribution in [1.82, 2.24) is 14.9 Å². The van der Waals surface area contributed by atoms with Gasteiger partial charge >= 0.3 is 0 Å². The van der Waals surface area contributed by atoms with Crippen LogP contribution in [0.1, 0.15) is 49.1 Å². The highest BCUT2D eigenvalue weighted by molar-refractivity contribution is 5.46. The second-order valence-corrected chi connectivity index (χ2v) is 7.83. The summed E-state index contributed by atoms with van der Waals surface area (Å²) in [6.45, 7) is 6.18. The molecule has 0 saturated carbocycles. The number of aromatic nitrogens is 2. The molecular weight excluding hydrogens is 350 g/mol. The number of nitrogens with zero attached hydrogens (tertiary/aromatic N) is 4. The maximum Gasteiger partial charge on any atom is 0.251 e. The molecule has 2 aliphatic rings. The van der Waals surface area contributed by atoms with Gasteiger partial charge in [-0.25, -0.2) is 4.98 Å². The molecule has 2 fully saturated rings. The lowest BCUT2D eigenvalue weighted by atomic mass is 10.0. The number of rotatable bonds is 4.